The van der Waals surface area contributed by atoms with Gasteiger partial charge in [0.15, 0.2) is 0 Å². The molecule has 1 aromatic heterocycles. The standard InChI is InChI=1S/C29H36N2O4/c1-18(2)19-7-9-21(10-8-19)24(25-15-14-23(20-11-12-20)27(30-25)34-6)17-22-13-16-26(32)31(22)28(33)35-29(3,4)5/h7-10,14-15,17-18,20,22H,11-13,16H2,1-6H3/t22-/m1/s1. The van der Waals surface area contributed by atoms with Crippen LogP contribution in [0.3, 0.4) is 0 Å². The van der Waals surface area contributed by atoms with Crippen molar-refractivity contribution in [2.45, 2.75) is 83.8 Å². The van der Waals surface area contributed by atoms with E-state index < -0.39 is 17.7 Å². The summed E-state index contributed by atoms with van der Waals surface area (Å²) in [5.74, 6) is 1.35. The molecule has 0 spiro atoms. The van der Waals surface area contributed by atoms with Gasteiger partial charge >= 0.3 is 6.09 Å². The Morgan fingerprint density at radius 1 is 1.09 bits per heavy atom. The number of imide groups is 1. The first-order valence-corrected chi connectivity index (χ1v) is 12.5. The summed E-state index contributed by atoms with van der Waals surface area (Å²) in [5, 5.41) is 0. The summed E-state index contributed by atoms with van der Waals surface area (Å²) in [6.07, 6.45) is 4.54. The van der Waals surface area contributed by atoms with Gasteiger partial charge in [0.25, 0.3) is 0 Å². The molecule has 0 radical (unpaired) electrons. The number of benzene rings is 1. The number of pyridine rings is 1. The highest BCUT2D eigenvalue weighted by Crippen LogP contribution is 2.44. The van der Waals surface area contributed by atoms with E-state index in [0.29, 0.717) is 30.6 Å². The highest BCUT2D eigenvalue weighted by molar-refractivity contribution is 5.95. The third kappa shape index (κ3) is 5.75. The molecule has 2 amide bonds. The van der Waals surface area contributed by atoms with Crippen LogP contribution in [0.2, 0.25) is 0 Å². The molecule has 0 bridgehead atoms. The lowest BCUT2D eigenvalue weighted by atomic mass is 9.95. The molecule has 1 aromatic carbocycles. The second-order valence-corrected chi connectivity index (χ2v) is 10.8. The van der Waals surface area contributed by atoms with Crippen molar-refractivity contribution in [3.8, 4) is 5.88 Å². The second kappa shape index (κ2) is 9.84. The van der Waals surface area contributed by atoms with Gasteiger partial charge in [-0.15, -0.1) is 0 Å². The van der Waals surface area contributed by atoms with Crippen LogP contribution in [0.5, 0.6) is 5.88 Å². The number of hydrogen-bond donors (Lipinski definition) is 0. The molecule has 1 saturated heterocycles. The van der Waals surface area contributed by atoms with Gasteiger partial charge in [0.05, 0.1) is 18.8 Å². The van der Waals surface area contributed by atoms with Crippen molar-refractivity contribution in [1.29, 1.82) is 0 Å². The Morgan fingerprint density at radius 2 is 1.77 bits per heavy atom. The number of nitrogens with zero attached hydrogens (tertiary/aromatic N) is 2. The summed E-state index contributed by atoms with van der Waals surface area (Å²) >= 11 is 0. The average Bonchev–Trinajstić information content (AvgIpc) is 3.58. The lowest BCUT2D eigenvalue weighted by Gasteiger charge is -2.26. The van der Waals surface area contributed by atoms with Gasteiger partial charge in [-0.2, -0.15) is 0 Å². The maximum atomic E-state index is 12.9. The third-order valence-electron chi connectivity index (χ3n) is 6.47. The number of methoxy groups -OCH3 is 1. The van der Waals surface area contributed by atoms with E-state index in [0.717, 1.165) is 35.2 Å². The predicted molar refractivity (Wildman–Crippen MR) is 136 cm³/mol. The minimum absolute atomic E-state index is 0.218. The van der Waals surface area contributed by atoms with Crippen LogP contribution >= 0.6 is 0 Å². The van der Waals surface area contributed by atoms with E-state index in [9.17, 15) is 9.59 Å². The average molecular weight is 477 g/mol. The first kappa shape index (κ1) is 25.0. The zero-order valence-corrected chi connectivity index (χ0v) is 21.6. The quantitative estimate of drug-likeness (QED) is 0.479. The maximum Gasteiger partial charge on any atom is 0.417 e. The summed E-state index contributed by atoms with van der Waals surface area (Å²) in [5.41, 5.74) is 4.30. The van der Waals surface area contributed by atoms with Gasteiger partial charge in [0, 0.05) is 17.6 Å². The van der Waals surface area contributed by atoms with E-state index in [-0.39, 0.29) is 5.91 Å². The van der Waals surface area contributed by atoms with Gasteiger partial charge in [-0.05, 0) is 69.1 Å². The Labute approximate surface area is 208 Å². The van der Waals surface area contributed by atoms with Gasteiger partial charge in [-0.3, -0.25) is 4.79 Å². The Hall–Kier alpha value is -3.15. The van der Waals surface area contributed by atoms with Crippen molar-refractivity contribution in [1.82, 2.24) is 9.88 Å². The van der Waals surface area contributed by atoms with Gasteiger partial charge in [-0.1, -0.05) is 50.3 Å². The Balaban J connectivity index is 1.76. The Bertz CT molecular complexity index is 1120. The number of carbonyl (C=O) groups is 2. The van der Waals surface area contributed by atoms with Crippen LogP contribution < -0.4 is 4.74 Å². The number of amides is 2. The van der Waals surface area contributed by atoms with Crippen LogP contribution in [0, 0.1) is 0 Å². The van der Waals surface area contributed by atoms with Crippen LogP contribution in [0.25, 0.3) is 5.57 Å². The summed E-state index contributed by atoms with van der Waals surface area (Å²) in [4.78, 5) is 31.7. The normalized spacial score (nSPS) is 18.8. The van der Waals surface area contributed by atoms with Crippen LogP contribution in [0.15, 0.2) is 42.5 Å². The first-order chi connectivity index (χ1) is 16.6. The van der Waals surface area contributed by atoms with Crippen molar-refractivity contribution in [2.75, 3.05) is 7.11 Å². The van der Waals surface area contributed by atoms with E-state index in [2.05, 4.69) is 44.2 Å². The van der Waals surface area contributed by atoms with E-state index >= 15 is 0 Å². The molecule has 2 aliphatic rings. The Morgan fingerprint density at radius 3 is 2.34 bits per heavy atom. The molecule has 186 valence electrons. The zero-order valence-electron chi connectivity index (χ0n) is 21.6. The Kier molecular flexibility index (Phi) is 7.02. The fraction of sp³-hybridized carbons (Fsp3) is 0.483. The van der Waals surface area contributed by atoms with Crippen molar-refractivity contribution < 1.29 is 19.1 Å². The molecular weight excluding hydrogens is 440 g/mol. The minimum Gasteiger partial charge on any atom is -0.481 e. The van der Waals surface area contributed by atoms with Crippen LogP contribution in [-0.4, -0.2) is 40.6 Å². The third-order valence-corrected chi connectivity index (χ3v) is 6.47. The van der Waals surface area contributed by atoms with Crippen molar-refractivity contribution in [3.05, 3.63) is 64.9 Å². The molecule has 4 rings (SSSR count). The van der Waals surface area contributed by atoms with E-state index in [1.807, 2.05) is 12.1 Å². The highest BCUT2D eigenvalue weighted by Gasteiger charge is 2.38. The molecule has 6 heteroatoms. The van der Waals surface area contributed by atoms with Crippen molar-refractivity contribution in [3.63, 3.8) is 0 Å². The summed E-state index contributed by atoms with van der Waals surface area (Å²) < 4.78 is 11.2. The molecule has 1 saturated carbocycles. The smallest absolute Gasteiger partial charge is 0.417 e. The molecule has 6 nitrogen and oxygen atoms in total. The number of ether oxygens (including phenoxy) is 2. The van der Waals surface area contributed by atoms with E-state index in [1.54, 1.807) is 27.9 Å². The largest absolute Gasteiger partial charge is 0.481 e. The molecule has 0 unspecified atom stereocenters. The predicted octanol–water partition coefficient (Wildman–Crippen LogP) is 6.45. The zero-order chi connectivity index (χ0) is 25.3. The summed E-state index contributed by atoms with van der Waals surface area (Å²) in [7, 11) is 1.65. The summed E-state index contributed by atoms with van der Waals surface area (Å²) in [6.45, 7) is 9.73. The van der Waals surface area contributed by atoms with Crippen LogP contribution in [0.4, 0.5) is 4.79 Å². The molecule has 35 heavy (non-hydrogen) atoms. The van der Waals surface area contributed by atoms with Crippen LogP contribution in [-0.2, 0) is 9.53 Å². The minimum atomic E-state index is -0.683. The second-order valence-electron chi connectivity index (χ2n) is 10.8. The van der Waals surface area contributed by atoms with Crippen molar-refractivity contribution in [2.24, 2.45) is 0 Å². The first-order valence-electron chi connectivity index (χ1n) is 12.5. The lowest BCUT2D eigenvalue weighted by molar-refractivity contribution is -0.127. The number of hydrogen-bond acceptors (Lipinski definition) is 5. The SMILES string of the molecule is COc1nc(C(=C[C@H]2CCC(=O)N2C(=O)OC(C)(C)C)c2ccc(C(C)C)cc2)ccc1C1CC1. The molecular formula is C29H36N2O4. The molecule has 0 N–H and O–H groups in total. The number of rotatable bonds is 6. The van der Waals surface area contributed by atoms with Gasteiger partial charge in [-0.25, -0.2) is 14.7 Å². The van der Waals surface area contributed by atoms with Crippen molar-refractivity contribution >= 4 is 17.6 Å². The highest BCUT2D eigenvalue weighted by atomic mass is 16.6. The van der Waals surface area contributed by atoms with Gasteiger partial charge in [0.1, 0.15) is 5.60 Å². The van der Waals surface area contributed by atoms with Gasteiger partial charge < -0.3 is 9.47 Å². The number of likely N-dealkylation sites (tertiary alicyclic amines) is 1. The fourth-order valence-corrected chi connectivity index (χ4v) is 4.45. The van der Waals surface area contributed by atoms with Crippen LogP contribution in [0.1, 0.15) is 94.5 Å². The summed E-state index contributed by atoms with van der Waals surface area (Å²) in [6, 6.07) is 12.1. The fourth-order valence-electron chi connectivity index (χ4n) is 4.45. The van der Waals surface area contributed by atoms with E-state index in [4.69, 9.17) is 14.5 Å². The number of aromatic nitrogens is 1. The maximum absolute atomic E-state index is 12.9. The lowest BCUT2D eigenvalue weighted by Crippen LogP contribution is -2.41. The topological polar surface area (TPSA) is 68.7 Å². The van der Waals surface area contributed by atoms with Gasteiger partial charge in [0.2, 0.25) is 11.8 Å². The molecule has 2 heterocycles. The molecule has 1 aliphatic heterocycles. The molecule has 2 fully saturated rings. The monoisotopic (exact) mass is 476 g/mol. The number of carbonyl (C=O) groups excluding carboxylic acids is 2. The van der Waals surface area contributed by atoms with E-state index in [1.165, 1.54) is 10.5 Å². The molecule has 2 aromatic rings. The molecule has 1 atom stereocenters. The molecule has 1 aliphatic carbocycles.